The summed E-state index contributed by atoms with van der Waals surface area (Å²) in [5.74, 6) is 0.511. The molecule has 0 unspecified atom stereocenters. The van der Waals surface area contributed by atoms with Gasteiger partial charge in [-0.15, -0.1) is 0 Å². The van der Waals surface area contributed by atoms with Crippen molar-refractivity contribution in [3.63, 3.8) is 0 Å². The number of nitriles is 5. The Morgan fingerprint density at radius 3 is 1.37 bits per heavy atom. The first-order valence-corrected chi connectivity index (χ1v) is 15.2. The molecule has 7 aromatic rings. The van der Waals surface area contributed by atoms with Crippen LogP contribution in [0.4, 0.5) is 0 Å². The Bertz CT molecular complexity index is 2600. The number of nitrogens with zero attached hydrogens (tertiary/aromatic N) is 8. The quantitative estimate of drug-likeness (QED) is 0.190. The molecule has 5 aromatic carbocycles. The van der Waals surface area contributed by atoms with Gasteiger partial charge in [0.2, 0.25) is 0 Å². The Morgan fingerprint density at radius 1 is 0.469 bits per heavy atom. The molecule has 49 heavy (non-hydrogen) atoms. The SMILES string of the molecule is Cc1cc(C)nc(-c2ccc(C#N)cc2-n2c3cc(-c4ccc(C#N)cc4C#N)ccc3c3ccc(-c4ccc(C#N)cc4C#N)cc32)n1. The number of fused-ring (bicyclic) bond motifs is 3. The van der Waals surface area contributed by atoms with Crippen molar-refractivity contribution < 1.29 is 0 Å². The van der Waals surface area contributed by atoms with Gasteiger partial charge in [0.15, 0.2) is 5.82 Å². The molecule has 0 bridgehead atoms. The molecule has 0 saturated carbocycles. The molecule has 226 valence electrons. The molecule has 2 aromatic heterocycles. The molecule has 0 amide bonds. The van der Waals surface area contributed by atoms with Crippen LogP contribution in [0.25, 0.3) is 61.1 Å². The van der Waals surface area contributed by atoms with Crippen molar-refractivity contribution in [1.29, 1.82) is 26.3 Å². The Morgan fingerprint density at radius 2 is 0.918 bits per heavy atom. The number of rotatable bonds is 4. The maximum absolute atomic E-state index is 10.0. The Kier molecular flexibility index (Phi) is 7.36. The Labute approximate surface area is 281 Å². The van der Waals surface area contributed by atoms with Gasteiger partial charge < -0.3 is 4.57 Å². The summed E-state index contributed by atoms with van der Waals surface area (Å²) >= 11 is 0. The van der Waals surface area contributed by atoms with Gasteiger partial charge in [-0.2, -0.15) is 26.3 Å². The summed E-state index contributed by atoms with van der Waals surface area (Å²) < 4.78 is 2.07. The fraction of sp³-hybridized carbons (Fsp3) is 0.0488. The normalized spacial score (nSPS) is 10.6. The van der Waals surface area contributed by atoms with E-state index in [1.807, 2.05) is 68.4 Å². The second-order valence-electron chi connectivity index (χ2n) is 11.6. The second kappa shape index (κ2) is 12.0. The van der Waals surface area contributed by atoms with Gasteiger partial charge in [-0.05, 0) is 96.8 Å². The summed E-state index contributed by atoms with van der Waals surface area (Å²) in [7, 11) is 0. The van der Waals surface area contributed by atoms with Gasteiger partial charge in [0, 0.05) is 27.7 Å². The van der Waals surface area contributed by atoms with Gasteiger partial charge in [-0.1, -0.05) is 36.4 Å². The molecule has 0 radical (unpaired) electrons. The lowest BCUT2D eigenvalue weighted by molar-refractivity contribution is 1.05. The monoisotopic (exact) mass is 626 g/mol. The van der Waals surface area contributed by atoms with Crippen LogP contribution in [0, 0.1) is 70.5 Å². The summed E-state index contributed by atoms with van der Waals surface area (Å²) in [5.41, 5.74) is 9.53. The first kappa shape index (κ1) is 30.1. The van der Waals surface area contributed by atoms with Gasteiger partial charge in [0.05, 0.1) is 74.9 Å². The van der Waals surface area contributed by atoms with E-state index in [0.29, 0.717) is 56.0 Å². The molecule has 2 heterocycles. The number of benzene rings is 5. The highest BCUT2D eigenvalue weighted by atomic mass is 15.0. The Hall–Kier alpha value is -7.57. The van der Waals surface area contributed by atoms with E-state index in [-0.39, 0.29) is 0 Å². The van der Waals surface area contributed by atoms with E-state index in [9.17, 15) is 26.3 Å². The lowest BCUT2D eigenvalue weighted by Gasteiger charge is -2.15. The van der Waals surface area contributed by atoms with Crippen LogP contribution < -0.4 is 0 Å². The summed E-state index contributed by atoms with van der Waals surface area (Å²) in [6.45, 7) is 3.82. The third-order valence-corrected chi connectivity index (χ3v) is 8.52. The molecule has 0 atom stereocenters. The van der Waals surface area contributed by atoms with E-state index >= 15 is 0 Å². The lowest BCUT2D eigenvalue weighted by Crippen LogP contribution is -2.02. The van der Waals surface area contributed by atoms with Crippen LogP contribution in [-0.4, -0.2) is 14.5 Å². The fourth-order valence-electron chi connectivity index (χ4n) is 6.35. The van der Waals surface area contributed by atoms with E-state index in [2.05, 4.69) is 34.9 Å². The van der Waals surface area contributed by atoms with Crippen molar-refractivity contribution in [2.75, 3.05) is 0 Å². The second-order valence-corrected chi connectivity index (χ2v) is 11.6. The van der Waals surface area contributed by atoms with Crippen LogP contribution in [0.1, 0.15) is 39.2 Å². The van der Waals surface area contributed by atoms with Crippen molar-refractivity contribution in [2.45, 2.75) is 13.8 Å². The first-order chi connectivity index (χ1) is 23.8. The maximum Gasteiger partial charge on any atom is 0.161 e. The minimum Gasteiger partial charge on any atom is -0.308 e. The predicted octanol–water partition coefficient (Wildman–Crippen LogP) is 8.55. The third-order valence-electron chi connectivity index (χ3n) is 8.52. The first-order valence-electron chi connectivity index (χ1n) is 15.2. The molecular weight excluding hydrogens is 605 g/mol. The largest absolute Gasteiger partial charge is 0.308 e. The molecule has 0 aliphatic heterocycles. The molecule has 0 spiro atoms. The molecule has 0 saturated heterocycles. The average Bonchev–Trinajstić information content (AvgIpc) is 3.46. The highest BCUT2D eigenvalue weighted by Crippen LogP contribution is 2.40. The van der Waals surface area contributed by atoms with E-state index in [4.69, 9.17) is 9.97 Å². The molecule has 7 rings (SSSR count). The van der Waals surface area contributed by atoms with Gasteiger partial charge in [-0.25, -0.2) is 9.97 Å². The summed E-state index contributed by atoms with van der Waals surface area (Å²) in [5, 5.41) is 50.7. The number of hydrogen-bond donors (Lipinski definition) is 0. The van der Waals surface area contributed by atoms with Crippen LogP contribution >= 0.6 is 0 Å². The molecule has 0 aliphatic carbocycles. The van der Waals surface area contributed by atoms with E-state index < -0.39 is 0 Å². The molecule has 8 nitrogen and oxygen atoms in total. The van der Waals surface area contributed by atoms with Crippen LogP contribution in [0.3, 0.4) is 0 Å². The number of aromatic nitrogens is 3. The van der Waals surface area contributed by atoms with Gasteiger partial charge in [0.25, 0.3) is 0 Å². The van der Waals surface area contributed by atoms with Crippen molar-refractivity contribution in [3.8, 4) is 69.7 Å². The van der Waals surface area contributed by atoms with Crippen LogP contribution in [0.2, 0.25) is 0 Å². The van der Waals surface area contributed by atoms with Gasteiger partial charge in [-0.3, -0.25) is 0 Å². The van der Waals surface area contributed by atoms with Crippen molar-refractivity contribution in [2.24, 2.45) is 0 Å². The summed E-state index contributed by atoms with van der Waals surface area (Å²) in [6.07, 6.45) is 0. The highest BCUT2D eigenvalue weighted by Gasteiger charge is 2.20. The summed E-state index contributed by atoms with van der Waals surface area (Å²) in [4.78, 5) is 9.53. The van der Waals surface area contributed by atoms with Crippen LogP contribution in [-0.2, 0) is 0 Å². The third kappa shape index (κ3) is 5.17. The lowest BCUT2D eigenvalue weighted by atomic mass is 9.96. The molecule has 0 fully saturated rings. The minimum absolute atomic E-state index is 0.379. The minimum atomic E-state index is 0.379. The van der Waals surface area contributed by atoms with E-state index in [1.54, 1.807) is 42.5 Å². The Balaban J connectivity index is 1.60. The van der Waals surface area contributed by atoms with Crippen molar-refractivity contribution in [3.05, 3.63) is 136 Å². The van der Waals surface area contributed by atoms with Crippen molar-refractivity contribution >= 4 is 21.8 Å². The van der Waals surface area contributed by atoms with Crippen LogP contribution in [0.5, 0.6) is 0 Å². The van der Waals surface area contributed by atoms with Crippen molar-refractivity contribution in [1.82, 2.24) is 14.5 Å². The summed E-state index contributed by atoms with van der Waals surface area (Å²) in [6, 6.07) is 40.3. The van der Waals surface area contributed by atoms with Gasteiger partial charge in [0.1, 0.15) is 0 Å². The fourth-order valence-corrected chi connectivity index (χ4v) is 6.35. The van der Waals surface area contributed by atoms with E-state index in [0.717, 1.165) is 44.3 Å². The number of aryl methyl sites for hydroxylation is 2. The highest BCUT2D eigenvalue weighted by molar-refractivity contribution is 6.11. The molecule has 8 heteroatoms. The molecule has 0 N–H and O–H groups in total. The topological polar surface area (TPSA) is 150 Å². The van der Waals surface area contributed by atoms with Gasteiger partial charge >= 0.3 is 0 Å². The van der Waals surface area contributed by atoms with Crippen LogP contribution in [0.15, 0.2) is 97.1 Å². The predicted molar refractivity (Wildman–Crippen MR) is 186 cm³/mol. The number of hydrogen-bond acceptors (Lipinski definition) is 7. The zero-order valence-electron chi connectivity index (χ0n) is 26.3. The maximum atomic E-state index is 10.0. The molecular formula is C41H22N8. The zero-order valence-corrected chi connectivity index (χ0v) is 26.3. The zero-order chi connectivity index (χ0) is 34.2. The average molecular weight is 627 g/mol. The smallest absolute Gasteiger partial charge is 0.161 e. The standard InChI is InChI=1S/C41H22N8/c1-24-13-25(2)48-41(47-24)37-10-5-28(21-44)16-38(37)49-39-17-29(33-8-3-26(19-42)14-31(33)22-45)6-11-35(39)36-12-7-30(18-40(36)49)34-9-4-27(20-43)15-32(34)23-46/h3-18H,1-2H3. The van der Waals surface area contributed by atoms with E-state index in [1.165, 1.54) is 0 Å². The molecule has 0 aliphatic rings.